The van der Waals surface area contributed by atoms with Crippen LogP contribution in [0.25, 0.3) is 16.7 Å². The Balaban J connectivity index is 1.68. The number of carbonyl (C=O) groups is 1. The number of hydrogen-bond donors (Lipinski definition) is 3. The Morgan fingerprint density at radius 2 is 2.00 bits per heavy atom. The summed E-state index contributed by atoms with van der Waals surface area (Å²) in [5.74, 6) is -0.511. The van der Waals surface area contributed by atoms with Crippen LogP contribution < -0.4 is 16.5 Å². The number of hydrogen-bond acceptors (Lipinski definition) is 6. The molecule has 0 saturated heterocycles. The van der Waals surface area contributed by atoms with Gasteiger partial charge in [0.1, 0.15) is 5.56 Å². The number of rotatable bonds is 5. The van der Waals surface area contributed by atoms with Crippen LogP contribution in [-0.2, 0) is 19.4 Å². The van der Waals surface area contributed by atoms with Gasteiger partial charge < -0.3 is 20.7 Å². The number of amides is 1. The van der Waals surface area contributed by atoms with E-state index >= 15 is 0 Å². The van der Waals surface area contributed by atoms with Gasteiger partial charge in [-0.05, 0) is 60.2 Å². The number of nitrogens with zero attached hydrogens (tertiary/aromatic N) is 3. The van der Waals surface area contributed by atoms with E-state index in [2.05, 4.69) is 27.4 Å². The van der Waals surface area contributed by atoms with E-state index in [9.17, 15) is 14.7 Å². The van der Waals surface area contributed by atoms with Crippen molar-refractivity contribution in [1.82, 2.24) is 14.5 Å². The highest BCUT2D eigenvalue weighted by atomic mass is 16.3. The Hall–Kier alpha value is -4.04. The molecule has 0 saturated carbocycles. The summed E-state index contributed by atoms with van der Waals surface area (Å²) < 4.78 is 1.71. The Bertz CT molecular complexity index is 1430. The van der Waals surface area contributed by atoms with Gasteiger partial charge in [0, 0.05) is 23.8 Å². The van der Waals surface area contributed by atoms with E-state index in [0.717, 1.165) is 30.5 Å². The third kappa shape index (κ3) is 3.50. The van der Waals surface area contributed by atoms with Crippen molar-refractivity contribution in [2.75, 3.05) is 5.32 Å². The average molecular weight is 427 g/mol. The van der Waals surface area contributed by atoms with E-state index in [0.29, 0.717) is 11.3 Å². The highest BCUT2D eigenvalue weighted by molar-refractivity contribution is 5.96. The largest absolute Gasteiger partial charge is 0.392 e. The summed E-state index contributed by atoms with van der Waals surface area (Å²) in [7, 11) is 0. The summed E-state index contributed by atoms with van der Waals surface area (Å²) in [6.45, 7) is -0.0815. The summed E-state index contributed by atoms with van der Waals surface area (Å²) in [6, 6.07) is 13.3. The van der Waals surface area contributed by atoms with Crippen molar-refractivity contribution in [3.05, 3.63) is 87.3 Å². The van der Waals surface area contributed by atoms with Gasteiger partial charge in [-0.15, -0.1) is 0 Å². The number of anilines is 2. The van der Waals surface area contributed by atoms with E-state index < -0.39 is 11.3 Å². The van der Waals surface area contributed by atoms with Crippen molar-refractivity contribution in [2.24, 2.45) is 5.73 Å². The van der Waals surface area contributed by atoms with E-state index in [1.165, 1.54) is 23.5 Å². The minimum Gasteiger partial charge on any atom is -0.392 e. The van der Waals surface area contributed by atoms with E-state index in [-0.39, 0.29) is 23.5 Å². The van der Waals surface area contributed by atoms with Crippen LogP contribution in [0.1, 0.15) is 33.5 Å². The van der Waals surface area contributed by atoms with Crippen LogP contribution in [0.15, 0.2) is 59.7 Å². The second-order valence-electron chi connectivity index (χ2n) is 7.83. The van der Waals surface area contributed by atoms with Gasteiger partial charge in [-0.3, -0.25) is 9.59 Å². The molecule has 4 aromatic rings. The topological polar surface area (TPSA) is 123 Å². The van der Waals surface area contributed by atoms with Crippen LogP contribution in [0, 0.1) is 0 Å². The minimum absolute atomic E-state index is 0.0815. The molecule has 4 N–H and O–H groups in total. The number of aromatic nitrogens is 3. The van der Waals surface area contributed by atoms with Crippen molar-refractivity contribution in [1.29, 1.82) is 0 Å². The number of benzene rings is 2. The molecule has 2 aromatic carbocycles. The molecule has 32 heavy (non-hydrogen) atoms. The number of aliphatic hydroxyl groups excluding tert-OH is 1. The zero-order valence-corrected chi connectivity index (χ0v) is 17.2. The second kappa shape index (κ2) is 7.90. The molecule has 2 heterocycles. The molecule has 8 heteroatoms. The number of fused-ring (bicyclic) bond motifs is 2. The molecule has 1 amide bonds. The Kier molecular flexibility index (Phi) is 4.91. The van der Waals surface area contributed by atoms with Crippen LogP contribution in [0.4, 0.5) is 11.6 Å². The fraction of sp³-hybridized carbons (Fsp3) is 0.167. The number of nitrogens with one attached hydrogen (secondary N) is 1. The molecule has 160 valence electrons. The van der Waals surface area contributed by atoms with Gasteiger partial charge in [-0.1, -0.05) is 18.2 Å². The number of nitrogens with two attached hydrogens (primary N) is 1. The highest BCUT2D eigenvalue weighted by Gasteiger charge is 2.18. The maximum Gasteiger partial charge on any atom is 0.254 e. The van der Waals surface area contributed by atoms with E-state index in [4.69, 9.17) is 5.73 Å². The van der Waals surface area contributed by atoms with E-state index in [1.54, 1.807) is 10.6 Å². The van der Waals surface area contributed by atoms with Gasteiger partial charge in [0.2, 0.25) is 11.4 Å². The van der Waals surface area contributed by atoms with Crippen LogP contribution in [0.3, 0.4) is 0 Å². The summed E-state index contributed by atoms with van der Waals surface area (Å²) in [5.41, 5.74) is 10.0. The number of aryl methyl sites for hydroxylation is 2. The third-order valence-corrected chi connectivity index (χ3v) is 5.74. The minimum atomic E-state index is -0.796. The molecule has 0 radical (unpaired) electrons. The monoisotopic (exact) mass is 427 g/mol. The van der Waals surface area contributed by atoms with Crippen molar-refractivity contribution >= 4 is 28.6 Å². The summed E-state index contributed by atoms with van der Waals surface area (Å²) in [5, 5.41) is 12.7. The number of aliphatic hydroxyl groups is 1. The molecular weight excluding hydrogens is 406 g/mol. The van der Waals surface area contributed by atoms with Gasteiger partial charge in [0.15, 0.2) is 5.65 Å². The SMILES string of the molecule is NC(=O)c1cn(-c2ccc3c(c2)CCC3)c2nc(Nc3cccc(CO)c3)ncc2c1=O. The number of pyridine rings is 1. The lowest BCUT2D eigenvalue weighted by molar-refractivity contribution is 0.0999. The van der Waals surface area contributed by atoms with Crippen molar-refractivity contribution in [3.63, 3.8) is 0 Å². The molecule has 0 aliphatic heterocycles. The Morgan fingerprint density at radius 3 is 2.81 bits per heavy atom. The fourth-order valence-electron chi connectivity index (χ4n) is 4.13. The third-order valence-electron chi connectivity index (χ3n) is 5.74. The standard InChI is InChI=1S/C24H21N5O3/c25-22(32)20-12-29(18-8-7-15-4-2-5-16(15)10-18)23-19(21(20)31)11-26-24(28-23)27-17-6-1-3-14(9-17)13-30/h1,3,6-12,30H,2,4-5,13H2,(H2,25,32)(H,26,27,28). The average Bonchev–Trinajstić information content (AvgIpc) is 3.27. The molecule has 2 aromatic heterocycles. The lowest BCUT2D eigenvalue weighted by Gasteiger charge is -2.14. The van der Waals surface area contributed by atoms with E-state index in [1.807, 2.05) is 24.3 Å². The predicted octanol–water partition coefficient (Wildman–Crippen LogP) is 2.60. The van der Waals surface area contributed by atoms with Gasteiger partial charge in [0.25, 0.3) is 5.91 Å². The van der Waals surface area contributed by atoms with Gasteiger partial charge >= 0.3 is 0 Å². The first kappa shape index (κ1) is 19.9. The number of carbonyl (C=O) groups excluding carboxylic acids is 1. The number of primary amides is 1. The molecule has 0 unspecified atom stereocenters. The molecule has 8 nitrogen and oxygen atoms in total. The smallest absolute Gasteiger partial charge is 0.254 e. The summed E-state index contributed by atoms with van der Waals surface area (Å²) in [4.78, 5) is 33.6. The van der Waals surface area contributed by atoms with Crippen LogP contribution in [0.2, 0.25) is 0 Å². The summed E-state index contributed by atoms with van der Waals surface area (Å²) >= 11 is 0. The normalized spacial score (nSPS) is 12.7. The van der Waals surface area contributed by atoms with Crippen LogP contribution >= 0.6 is 0 Å². The molecular formula is C24H21N5O3. The maximum atomic E-state index is 12.9. The first-order valence-corrected chi connectivity index (χ1v) is 10.3. The predicted molar refractivity (Wildman–Crippen MR) is 121 cm³/mol. The van der Waals surface area contributed by atoms with Gasteiger partial charge in [-0.2, -0.15) is 4.98 Å². The van der Waals surface area contributed by atoms with Crippen molar-refractivity contribution in [3.8, 4) is 5.69 Å². The fourth-order valence-corrected chi connectivity index (χ4v) is 4.13. The zero-order valence-electron chi connectivity index (χ0n) is 17.2. The molecule has 0 fully saturated rings. The lowest BCUT2D eigenvalue weighted by atomic mass is 10.1. The Morgan fingerprint density at radius 1 is 1.16 bits per heavy atom. The van der Waals surface area contributed by atoms with Crippen molar-refractivity contribution in [2.45, 2.75) is 25.9 Å². The molecule has 0 spiro atoms. The lowest BCUT2D eigenvalue weighted by Crippen LogP contribution is -2.24. The second-order valence-corrected chi connectivity index (χ2v) is 7.83. The Labute approximate surface area is 183 Å². The zero-order chi connectivity index (χ0) is 22.2. The summed E-state index contributed by atoms with van der Waals surface area (Å²) in [6.07, 6.45) is 6.01. The first-order valence-electron chi connectivity index (χ1n) is 10.3. The van der Waals surface area contributed by atoms with Crippen molar-refractivity contribution < 1.29 is 9.90 Å². The first-order chi connectivity index (χ1) is 15.5. The molecule has 0 atom stereocenters. The van der Waals surface area contributed by atoms with Crippen LogP contribution in [0.5, 0.6) is 0 Å². The van der Waals surface area contributed by atoms with Gasteiger partial charge in [0.05, 0.1) is 12.0 Å². The van der Waals surface area contributed by atoms with Crippen LogP contribution in [-0.4, -0.2) is 25.5 Å². The van der Waals surface area contributed by atoms with Gasteiger partial charge in [-0.25, -0.2) is 4.98 Å². The molecule has 0 bridgehead atoms. The highest BCUT2D eigenvalue weighted by Crippen LogP contribution is 2.26. The molecule has 5 rings (SSSR count). The molecule has 1 aliphatic rings. The molecule has 1 aliphatic carbocycles. The quantitative estimate of drug-likeness (QED) is 0.450. The maximum absolute atomic E-state index is 12.9.